The third-order valence-corrected chi connectivity index (χ3v) is 2.33. The van der Waals surface area contributed by atoms with Crippen molar-refractivity contribution in [1.82, 2.24) is 0 Å². The van der Waals surface area contributed by atoms with Crippen molar-refractivity contribution in [2.45, 2.75) is 25.4 Å². The van der Waals surface area contributed by atoms with E-state index in [1.807, 2.05) is 0 Å². The van der Waals surface area contributed by atoms with Crippen molar-refractivity contribution >= 4 is 5.69 Å². The van der Waals surface area contributed by atoms with Crippen LogP contribution in [0.4, 0.5) is 10.1 Å². The van der Waals surface area contributed by atoms with E-state index in [0.29, 0.717) is 5.75 Å². The Balaban J connectivity index is 2.07. The van der Waals surface area contributed by atoms with Gasteiger partial charge >= 0.3 is 0 Å². The number of nitrogens with two attached hydrogens (primary N) is 1. The van der Waals surface area contributed by atoms with Crippen molar-refractivity contribution in [1.29, 1.82) is 0 Å². The van der Waals surface area contributed by atoms with Gasteiger partial charge in [-0.3, -0.25) is 0 Å². The Kier molecular flexibility index (Phi) is 2.08. The molecule has 0 atom stereocenters. The predicted molar refractivity (Wildman–Crippen MR) is 49.1 cm³/mol. The molecule has 2 nitrogen and oxygen atoms in total. The molecule has 0 unspecified atom stereocenters. The van der Waals surface area contributed by atoms with E-state index in [4.69, 9.17) is 10.5 Å². The molecule has 0 aromatic heterocycles. The van der Waals surface area contributed by atoms with Crippen LogP contribution in [0.2, 0.25) is 0 Å². The molecule has 0 heterocycles. The molecule has 0 spiro atoms. The van der Waals surface area contributed by atoms with Gasteiger partial charge in [0.25, 0.3) is 0 Å². The Morgan fingerprint density at radius 2 is 2.15 bits per heavy atom. The number of hydrogen-bond acceptors (Lipinski definition) is 2. The molecule has 1 aliphatic rings. The largest absolute Gasteiger partial charge is 0.490 e. The lowest BCUT2D eigenvalue weighted by Gasteiger charge is -2.26. The molecule has 0 bridgehead atoms. The summed E-state index contributed by atoms with van der Waals surface area (Å²) in [5, 5.41) is 0. The summed E-state index contributed by atoms with van der Waals surface area (Å²) in [4.78, 5) is 0. The first-order valence-electron chi connectivity index (χ1n) is 4.47. The fraction of sp³-hybridized carbons (Fsp3) is 0.400. The first-order valence-corrected chi connectivity index (χ1v) is 4.47. The molecular formula is C10H12FNO. The minimum Gasteiger partial charge on any atom is -0.490 e. The fourth-order valence-electron chi connectivity index (χ4n) is 1.26. The molecule has 0 amide bonds. The average molecular weight is 181 g/mol. The lowest BCUT2D eigenvalue weighted by atomic mass is 9.96. The number of anilines is 1. The highest BCUT2D eigenvalue weighted by Crippen LogP contribution is 2.26. The van der Waals surface area contributed by atoms with Crippen LogP contribution in [0.5, 0.6) is 5.75 Å². The zero-order valence-corrected chi connectivity index (χ0v) is 7.29. The lowest BCUT2D eigenvalue weighted by Crippen LogP contribution is -2.24. The molecular weight excluding hydrogens is 169 g/mol. The van der Waals surface area contributed by atoms with E-state index in [-0.39, 0.29) is 11.8 Å². The predicted octanol–water partition coefficient (Wildman–Crippen LogP) is 2.34. The van der Waals surface area contributed by atoms with Crippen molar-refractivity contribution in [3.63, 3.8) is 0 Å². The van der Waals surface area contributed by atoms with E-state index >= 15 is 0 Å². The summed E-state index contributed by atoms with van der Waals surface area (Å²) in [6, 6.07) is 4.58. The third-order valence-electron chi connectivity index (χ3n) is 2.33. The zero-order chi connectivity index (χ0) is 9.26. The molecule has 1 saturated carbocycles. The topological polar surface area (TPSA) is 35.2 Å². The highest BCUT2D eigenvalue weighted by molar-refractivity contribution is 5.43. The van der Waals surface area contributed by atoms with E-state index in [9.17, 15) is 4.39 Å². The normalized spacial score (nSPS) is 16.7. The second kappa shape index (κ2) is 3.24. The number of rotatable bonds is 2. The molecule has 1 aromatic rings. The summed E-state index contributed by atoms with van der Waals surface area (Å²) >= 11 is 0. The van der Waals surface area contributed by atoms with Crippen LogP contribution >= 0.6 is 0 Å². The van der Waals surface area contributed by atoms with Gasteiger partial charge in [0.2, 0.25) is 0 Å². The second-order valence-corrected chi connectivity index (χ2v) is 3.35. The monoisotopic (exact) mass is 181 g/mol. The van der Waals surface area contributed by atoms with Crippen LogP contribution in [0.1, 0.15) is 19.3 Å². The molecule has 2 rings (SSSR count). The summed E-state index contributed by atoms with van der Waals surface area (Å²) in [5.74, 6) is 0.174. The highest BCUT2D eigenvalue weighted by atomic mass is 19.1. The molecule has 1 aliphatic carbocycles. The van der Waals surface area contributed by atoms with Crippen molar-refractivity contribution in [3.8, 4) is 5.75 Å². The van der Waals surface area contributed by atoms with E-state index in [1.54, 1.807) is 6.07 Å². The summed E-state index contributed by atoms with van der Waals surface area (Å²) in [5.41, 5.74) is 5.50. The Morgan fingerprint density at radius 1 is 1.38 bits per heavy atom. The summed E-state index contributed by atoms with van der Waals surface area (Å²) < 4.78 is 18.4. The quantitative estimate of drug-likeness (QED) is 0.711. The Morgan fingerprint density at radius 3 is 2.69 bits per heavy atom. The van der Waals surface area contributed by atoms with Gasteiger partial charge in [0.1, 0.15) is 11.6 Å². The maximum absolute atomic E-state index is 12.9. The molecule has 0 saturated heterocycles. The Hall–Kier alpha value is -1.25. The number of nitrogen functional groups attached to an aromatic ring is 1. The van der Waals surface area contributed by atoms with E-state index in [2.05, 4.69) is 0 Å². The van der Waals surface area contributed by atoms with Crippen molar-refractivity contribution in [2.24, 2.45) is 0 Å². The SMILES string of the molecule is Nc1ccc(OC2CCC2)cc1F. The van der Waals surface area contributed by atoms with E-state index < -0.39 is 5.82 Å². The lowest BCUT2D eigenvalue weighted by molar-refractivity contribution is 0.120. The molecule has 0 aliphatic heterocycles. The Bertz CT molecular complexity index is 310. The number of ether oxygens (including phenoxy) is 1. The summed E-state index contributed by atoms with van der Waals surface area (Å²) in [6.45, 7) is 0. The van der Waals surface area contributed by atoms with Gasteiger partial charge in [-0.2, -0.15) is 0 Å². The molecule has 1 fully saturated rings. The van der Waals surface area contributed by atoms with E-state index in [1.165, 1.54) is 18.6 Å². The molecule has 0 radical (unpaired) electrons. The van der Waals surface area contributed by atoms with Gasteiger partial charge in [-0.25, -0.2) is 4.39 Å². The van der Waals surface area contributed by atoms with Crippen LogP contribution < -0.4 is 10.5 Å². The van der Waals surface area contributed by atoms with E-state index in [0.717, 1.165) is 12.8 Å². The number of halogens is 1. The molecule has 1 aromatic carbocycles. The number of hydrogen-bond donors (Lipinski definition) is 1. The van der Waals surface area contributed by atoms with Crippen LogP contribution in [0.15, 0.2) is 18.2 Å². The highest BCUT2D eigenvalue weighted by Gasteiger charge is 2.19. The molecule has 13 heavy (non-hydrogen) atoms. The van der Waals surface area contributed by atoms with Crippen LogP contribution in [-0.2, 0) is 0 Å². The van der Waals surface area contributed by atoms with Gasteiger partial charge in [-0.15, -0.1) is 0 Å². The van der Waals surface area contributed by atoms with Crippen LogP contribution in [0.3, 0.4) is 0 Å². The third kappa shape index (κ3) is 1.74. The Labute approximate surface area is 76.5 Å². The minimum atomic E-state index is -0.406. The van der Waals surface area contributed by atoms with Gasteiger partial charge in [0, 0.05) is 6.07 Å². The van der Waals surface area contributed by atoms with Crippen molar-refractivity contribution in [2.75, 3.05) is 5.73 Å². The van der Waals surface area contributed by atoms with Gasteiger partial charge < -0.3 is 10.5 Å². The maximum atomic E-state index is 12.9. The summed E-state index contributed by atoms with van der Waals surface area (Å²) in [6.07, 6.45) is 3.64. The van der Waals surface area contributed by atoms with Crippen LogP contribution in [-0.4, -0.2) is 6.10 Å². The molecule has 70 valence electrons. The van der Waals surface area contributed by atoms with Crippen molar-refractivity contribution in [3.05, 3.63) is 24.0 Å². The fourth-order valence-corrected chi connectivity index (χ4v) is 1.26. The number of benzene rings is 1. The zero-order valence-electron chi connectivity index (χ0n) is 7.29. The van der Waals surface area contributed by atoms with Gasteiger partial charge in [-0.05, 0) is 31.4 Å². The van der Waals surface area contributed by atoms with Gasteiger partial charge in [0.05, 0.1) is 11.8 Å². The van der Waals surface area contributed by atoms with Crippen LogP contribution in [0, 0.1) is 5.82 Å². The van der Waals surface area contributed by atoms with Gasteiger partial charge in [-0.1, -0.05) is 0 Å². The first kappa shape index (κ1) is 8.35. The summed E-state index contributed by atoms with van der Waals surface area (Å²) in [7, 11) is 0. The maximum Gasteiger partial charge on any atom is 0.149 e. The minimum absolute atomic E-state index is 0.168. The second-order valence-electron chi connectivity index (χ2n) is 3.35. The smallest absolute Gasteiger partial charge is 0.149 e. The first-order chi connectivity index (χ1) is 6.25. The molecule has 3 heteroatoms. The standard InChI is InChI=1S/C10H12FNO/c11-9-6-8(4-5-10(9)12)13-7-2-1-3-7/h4-7H,1-3,12H2. The molecule has 2 N–H and O–H groups in total. The van der Waals surface area contributed by atoms with Crippen molar-refractivity contribution < 1.29 is 9.13 Å². The average Bonchev–Trinajstić information content (AvgIpc) is 2.04. The van der Waals surface area contributed by atoms with Gasteiger partial charge in [0.15, 0.2) is 0 Å². The van der Waals surface area contributed by atoms with Crippen LogP contribution in [0.25, 0.3) is 0 Å².